The van der Waals surface area contributed by atoms with Gasteiger partial charge in [0.2, 0.25) is 11.7 Å². The molecule has 0 aliphatic rings. The zero-order chi connectivity index (χ0) is 21.3. The Labute approximate surface area is 174 Å². The first-order chi connectivity index (χ1) is 14.3. The summed E-state index contributed by atoms with van der Waals surface area (Å²) in [6.07, 6.45) is 1.32. The minimum absolute atomic E-state index is 0.0320. The molecule has 0 aliphatic carbocycles. The molecule has 2 aromatic carbocycles. The van der Waals surface area contributed by atoms with Gasteiger partial charge in [-0.15, -0.1) is 0 Å². The van der Waals surface area contributed by atoms with Crippen LogP contribution in [0.2, 0.25) is 0 Å². The SMILES string of the molecule is Cc1ccc(C(C)(C)c2ccc(Oc3cnc(-c4noc(C)n4)cc3F)cc2)cc1. The van der Waals surface area contributed by atoms with Gasteiger partial charge in [0.05, 0.1) is 6.20 Å². The molecule has 4 aromatic rings. The second-order valence-electron chi connectivity index (χ2n) is 7.75. The van der Waals surface area contributed by atoms with Crippen molar-refractivity contribution < 1.29 is 13.7 Å². The molecule has 2 heterocycles. The third-order valence-corrected chi connectivity index (χ3v) is 5.15. The maximum atomic E-state index is 14.5. The molecule has 0 aliphatic heterocycles. The molecule has 5 nitrogen and oxygen atoms in total. The summed E-state index contributed by atoms with van der Waals surface area (Å²) in [4.78, 5) is 8.22. The highest BCUT2D eigenvalue weighted by Crippen LogP contribution is 2.33. The molecular formula is C24H22FN3O2. The van der Waals surface area contributed by atoms with E-state index in [2.05, 4.69) is 60.2 Å². The van der Waals surface area contributed by atoms with Crippen LogP contribution in [0.5, 0.6) is 11.5 Å². The average Bonchev–Trinajstić information content (AvgIpc) is 3.16. The molecule has 6 heteroatoms. The summed E-state index contributed by atoms with van der Waals surface area (Å²) in [5, 5.41) is 3.75. The molecule has 0 fully saturated rings. The smallest absolute Gasteiger partial charge is 0.223 e. The van der Waals surface area contributed by atoms with Crippen molar-refractivity contribution in [3.05, 3.63) is 89.2 Å². The van der Waals surface area contributed by atoms with Crippen molar-refractivity contribution in [2.24, 2.45) is 0 Å². The second-order valence-corrected chi connectivity index (χ2v) is 7.75. The van der Waals surface area contributed by atoms with E-state index >= 15 is 0 Å². The van der Waals surface area contributed by atoms with Crippen LogP contribution in [0.4, 0.5) is 4.39 Å². The van der Waals surface area contributed by atoms with Crippen LogP contribution in [-0.4, -0.2) is 15.1 Å². The second kappa shape index (κ2) is 7.71. The number of aromatic nitrogens is 3. The first-order valence-corrected chi connectivity index (χ1v) is 9.65. The highest BCUT2D eigenvalue weighted by molar-refractivity contribution is 5.50. The predicted octanol–water partition coefficient (Wildman–Crippen LogP) is 6.01. The predicted molar refractivity (Wildman–Crippen MR) is 112 cm³/mol. The van der Waals surface area contributed by atoms with Crippen LogP contribution >= 0.6 is 0 Å². The van der Waals surface area contributed by atoms with Crippen molar-refractivity contribution in [1.29, 1.82) is 0 Å². The molecular weight excluding hydrogens is 381 g/mol. The Kier molecular flexibility index (Phi) is 5.08. The van der Waals surface area contributed by atoms with Crippen molar-refractivity contribution >= 4 is 0 Å². The number of aryl methyl sites for hydroxylation is 2. The quantitative estimate of drug-likeness (QED) is 0.409. The van der Waals surface area contributed by atoms with Gasteiger partial charge >= 0.3 is 0 Å². The Hall–Kier alpha value is -3.54. The van der Waals surface area contributed by atoms with Crippen molar-refractivity contribution in [2.75, 3.05) is 0 Å². The third kappa shape index (κ3) is 3.94. The van der Waals surface area contributed by atoms with Crippen LogP contribution in [-0.2, 0) is 5.41 Å². The molecule has 0 atom stereocenters. The number of hydrogen-bond donors (Lipinski definition) is 0. The van der Waals surface area contributed by atoms with E-state index in [9.17, 15) is 4.39 Å². The molecule has 0 bridgehead atoms. The van der Waals surface area contributed by atoms with E-state index in [4.69, 9.17) is 9.26 Å². The van der Waals surface area contributed by atoms with Crippen LogP contribution in [0.15, 0.2) is 65.3 Å². The van der Waals surface area contributed by atoms with Crippen LogP contribution in [0.1, 0.15) is 36.4 Å². The Morgan fingerprint density at radius 1 is 0.933 bits per heavy atom. The van der Waals surface area contributed by atoms with Gasteiger partial charge < -0.3 is 9.26 Å². The number of rotatable bonds is 5. The Balaban J connectivity index is 1.53. The summed E-state index contributed by atoms with van der Waals surface area (Å²) in [5.74, 6) is 0.639. The van der Waals surface area contributed by atoms with Crippen LogP contribution in [0.3, 0.4) is 0 Å². The number of ether oxygens (including phenoxy) is 1. The summed E-state index contributed by atoms with van der Waals surface area (Å²) in [6, 6.07) is 17.4. The molecule has 4 rings (SSSR count). The van der Waals surface area contributed by atoms with E-state index in [-0.39, 0.29) is 22.7 Å². The maximum Gasteiger partial charge on any atom is 0.223 e. The Morgan fingerprint density at radius 2 is 1.57 bits per heavy atom. The van der Waals surface area contributed by atoms with Crippen LogP contribution in [0.25, 0.3) is 11.5 Å². The van der Waals surface area contributed by atoms with Gasteiger partial charge in [0.1, 0.15) is 11.4 Å². The highest BCUT2D eigenvalue weighted by Gasteiger charge is 2.23. The van der Waals surface area contributed by atoms with Crippen molar-refractivity contribution in [3.8, 4) is 23.0 Å². The minimum atomic E-state index is -0.550. The van der Waals surface area contributed by atoms with E-state index in [1.165, 1.54) is 23.4 Å². The minimum Gasteiger partial charge on any atom is -0.453 e. The van der Waals surface area contributed by atoms with Gasteiger partial charge in [0.25, 0.3) is 0 Å². The van der Waals surface area contributed by atoms with Crippen molar-refractivity contribution in [2.45, 2.75) is 33.1 Å². The lowest BCUT2D eigenvalue weighted by molar-refractivity contribution is 0.394. The summed E-state index contributed by atoms with van der Waals surface area (Å²) in [5.41, 5.74) is 3.72. The van der Waals surface area contributed by atoms with Crippen molar-refractivity contribution in [3.63, 3.8) is 0 Å². The molecule has 0 saturated carbocycles. The fraction of sp³-hybridized carbons (Fsp3) is 0.208. The van der Waals surface area contributed by atoms with Gasteiger partial charge in [-0.25, -0.2) is 9.37 Å². The summed E-state index contributed by atoms with van der Waals surface area (Å²) >= 11 is 0. The molecule has 0 unspecified atom stereocenters. The maximum absolute atomic E-state index is 14.5. The van der Waals surface area contributed by atoms with Gasteiger partial charge in [-0.2, -0.15) is 4.98 Å². The lowest BCUT2D eigenvalue weighted by Crippen LogP contribution is -2.18. The van der Waals surface area contributed by atoms with E-state index in [1.54, 1.807) is 6.92 Å². The zero-order valence-electron chi connectivity index (χ0n) is 17.3. The first kappa shape index (κ1) is 19.8. The van der Waals surface area contributed by atoms with Crippen molar-refractivity contribution in [1.82, 2.24) is 15.1 Å². The Morgan fingerprint density at radius 3 is 2.13 bits per heavy atom. The summed E-state index contributed by atoms with van der Waals surface area (Å²) < 4.78 is 25.1. The molecule has 30 heavy (non-hydrogen) atoms. The highest BCUT2D eigenvalue weighted by atomic mass is 19.1. The number of benzene rings is 2. The van der Waals surface area contributed by atoms with E-state index in [1.807, 2.05) is 24.3 Å². The lowest BCUT2D eigenvalue weighted by atomic mass is 9.78. The number of halogens is 1. The molecule has 152 valence electrons. The zero-order valence-corrected chi connectivity index (χ0v) is 17.3. The number of hydrogen-bond acceptors (Lipinski definition) is 5. The molecule has 0 radical (unpaired) electrons. The third-order valence-electron chi connectivity index (χ3n) is 5.15. The standard InChI is InChI=1S/C24H22FN3O2/c1-15-5-7-17(8-6-15)24(3,4)18-9-11-19(12-10-18)29-22-14-26-21(13-20(22)25)23-27-16(2)30-28-23/h5-14H,1-4H3. The van der Waals surface area contributed by atoms with E-state index in [0.29, 0.717) is 11.6 Å². The average molecular weight is 403 g/mol. The summed E-state index contributed by atoms with van der Waals surface area (Å²) in [6.45, 7) is 8.09. The van der Waals surface area contributed by atoms with Crippen LogP contribution in [0, 0.1) is 19.7 Å². The fourth-order valence-corrected chi connectivity index (χ4v) is 3.22. The lowest BCUT2D eigenvalue weighted by Gasteiger charge is -2.26. The normalized spacial score (nSPS) is 11.5. The van der Waals surface area contributed by atoms with Gasteiger partial charge in [-0.05, 0) is 30.2 Å². The van der Waals surface area contributed by atoms with Gasteiger partial charge in [0, 0.05) is 18.4 Å². The molecule has 2 aromatic heterocycles. The first-order valence-electron chi connectivity index (χ1n) is 9.65. The Bertz CT molecular complexity index is 1170. The summed E-state index contributed by atoms with van der Waals surface area (Å²) in [7, 11) is 0. The van der Waals surface area contributed by atoms with E-state index < -0.39 is 5.82 Å². The van der Waals surface area contributed by atoms with E-state index in [0.717, 1.165) is 5.56 Å². The fourth-order valence-electron chi connectivity index (χ4n) is 3.22. The molecule has 0 N–H and O–H groups in total. The molecule has 0 saturated heterocycles. The van der Waals surface area contributed by atoms with Gasteiger partial charge in [-0.3, -0.25) is 0 Å². The van der Waals surface area contributed by atoms with Gasteiger partial charge in [-0.1, -0.05) is 61.0 Å². The largest absolute Gasteiger partial charge is 0.453 e. The molecule has 0 spiro atoms. The molecule has 0 amide bonds. The monoisotopic (exact) mass is 403 g/mol. The number of nitrogens with zero attached hydrogens (tertiary/aromatic N) is 3. The van der Waals surface area contributed by atoms with Gasteiger partial charge in [0.15, 0.2) is 11.6 Å². The number of pyridine rings is 1. The van der Waals surface area contributed by atoms with Crippen LogP contribution < -0.4 is 4.74 Å². The topological polar surface area (TPSA) is 61.0 Å².